The first-order valence-electron chi connectivity index (χ1n) is 14.4. The van der Waals surface area contributed by atoms with Gasteiger partial charge < -0.3 is 19.6 Å². The van der Waals surface area contributed by atoms with E-state index in [2.05, 4.69) is 9.97 Å². The fourth-order valence-corrected chi connectivity index (χ4v) is 3.75. The van der Waals surface area contributed by atoms with Crippen LogP contribution in [0.3, 0.4) is 0 Å². The molecule has 0 saturated heterocycles. The van der Waals surface area contributed by atoms with Gasteiger partial charge in [0.05, 0.1) is 26.1 Å². The average Bonchev–Trinajstić information content (AvgIpc) is 2.89. The van der Waals surface area contributed by atoms with Gasteiger partial charge in [-0.3, -0.25) is 4.98 Å². The third kappa shape index (κ3) is 5.55. The molecule has 9 heteroatoms. The molecule has 184 valence electrons. The Hall–Kier alpha value is -3.23. The molecule has 2 aromatic rings. The predicted octanol–water partition coefficient (Wildman–Crippen LogP) is 5.49. The molecule has 0 atom stereocenters. The van der Waals surface area contributed by atoms with Crippen LogP contribution >= 0.6 is 11.6 Å². The first-order chi connectivity index (χ1) is 19.8. The van der Waals surface area contributed by atoms with Gasteiger partial charge in [-0.05, 0) is 44.8 Å². The quantitative estimate of drug-likeness (QED) is 0.557. The van der Waals surface area contributed by atoms with Crippen LogP contribution in [0, 0.1) is 18.6 Å². The van der Waals surface area contributed by atoms with Crippen LogP contribution in [-0.2, 0) is 11.3 Å². The van der Waals surface area contributed by atoms with Crippen molar-refractivity contribution in [3.05, 3.63) is 93.9 Å². The standard InChI is InChI=1S/C26H27ClF2N4O2/c1-16-11-31-25(32-7-5-6-18(13-32)26(3,4)34)10-23(16)33-14-20(27)24(8-17(33)2)35-15-22-21(29)9-19(28)12-30-22/h5-12,34H,13-15H2,1-4H3/i3D3,4D3,15D2. The monoisotopic (exact) mass is 508 g/mol. The molecule has 0 spiro atoms. The Balaban J connectivity index is 1.60. The average molecular weight is 509 g/mol. The number of anilines is 2. The smallest absolute Gasteiger partial charge is 0.151 e. The highest BCUT2D eigenvalue weighted by Gasteiger charge is 2.25. The first kappa shape index (κ1) is 16.4. The summed E-state index contributed by atoms with van der Waals surface area (Å²) in [4.78, 5) is 11.2. The number of aryl methyl sites for hydroxylation is 1. The Morgan fingerprint density at radius 3 is 2.77 bits per heavy atom. The van der Waals surface area contributed by atoms with E-state index in [1.54, 1.807) is 37.2 Å². The topological polar surface area (TPSA) is 61.7 Å². The Kier molecular flexibility index (Phi) is 4.60. The predicted molar refractivity (Wildman–Crippen MR) is 133 cm³/mol. The number of allylic oxidation sites excluding steroid dienone is 4. The SMILES string of the molecule is [2H]C([2H])(OC1=C(Cl)CN(c2cc(N3C=CC=C(C(O)(C([2H])([2H])[2H])C([2H])([2H])[2H])C3)ncc2C)C(C)=C1)c1ncc(F)cc1F. The lowest BCUT2D eigenvalue weighted by atomic mass is 9.96. The maximum Gasteiger partial charge on any atom is 0.151 e. The van der Waals surface area contributed by atoms with Gasteiger partial charge in [-0.2, -0.15) is 0 Å². The van der Waals surface area contributed by atoms with E-state index in [4.69, 9.17) is 27.3 Å². The van der Waals surface area contributed by atoms with Gasteiger partial charge >= 0.3 is 0 Å². The number of ether oxygens (including phenoxy) is 1. The molecule has 0 aliphatic carbocycles. The Labute approximate surface area is 219 Å². The summed E-state index contributed by atoms with van der Waals surface area (Å²) in [6.07, 6.45) is 7.91. The molecular weight excluding hydrogens is 474 g/mol. The van der Waals surface area contributed by atoms with Crippen LogP contribution in [0.5, 0.6) is 0 Å². The van der Waals surface area contributed by atoms with Crippen LogP contribution in [0.2, 0.25) is 0 Å². The highest BCUT2D eigenvalue weighted by Crippen LogP contribution is 2.34. The van der Waals surface area contributed by atoms with E-state index in [0.29, 0.717) is 35.0 Å². The van der Waals surface area contributed by atoms with E-state index in [9.17, 15) is 13.9 Å². The van der Waals surface area contributed by atoms with E-state index in [1.807, 2.05) is 0 Å². The van der Waals surface area contributed by atoms with Crippen molar-refractivity contribution in [3.8, 4) is 0 Å². The summed E-state index contributed by atoms with van der Waals surface area (Å²) in [5.41, 5.74) is -2.21. The summed E-state index contributed by atoms with van der Waals surface area (Å²) in [6, 6.07) is 2.16. The lowest BCUT2D eigenvalue weighted by molar-refractivity contribution is 0.118. The van der Waals surface area contributed by atoms with Crippen LogP contribution in [0.4, 0.5) is 20.3 Å². The minimum Gasteiger partial charge on any atom is -0.486 e. The molecule has 1 N–H and O–H groups in total. The summed E-state index contributed by atoms with van der Waals surface area (Å²) in [7, 11) is 0. The normalized spacial score (nSPS) is 21.0. The van der Waals surface area contributed by atoms with E-state index >= 15 is 0 Å². The molecule has 0 radical (unpaired) electrons. The fourth-order valence-electron chi connectivity index (χ4n) is 3.54. The summed E-state index contributed by atoms with van der Waals surface area (Å²) in [5, 5.41) is 11.0. The maximum absolute atomic E-state index is 14.2. The third-order valence-corrected chi connectivity index (χ3v) is 5.72. The lowest BCUT2D eigenvalue weighted by Gasteiger charge is -2.33. The molecule has 0 amide bonds. The molecule has 0 fully saturated rings. The van der Waals surface area contributed by atoms with Crippen molar-refractivity contribution in [2.24, 2.45) is 0 Å². The number of rotatable bonds is 6. The molecule has 6 nitrogen and oxygen atoms in total. The molecule has 2 aromatic heterocycles. The summed E-state index contributed by atoms with van der Waals surface area (Å²) >= 11 is 6.50. The second-order valence-electron chi connectivity index (χ2n) is 8.03. The molecule has 0 aromatic carbocycles. The lowest BCUT2D eigenvalue weighted by Crippen LogP contribution is -2.33. The fraction of sp³-hybridized carbons (Fsp3) is 0.308. The molecule has 0 saturated carbocycles. The second kappa shape index (κ2) is 9.79. The Bertz CT molecular complexity index is 1540. The minimum absolute atomic E-state index is 0.0117. The zero-order valence-corrected chi connectivity index (χ0v) is 19.6. The molecule has 0 bridgehead atoms. The zero-order valence-electron chi connectivity index (χ0n) is 26.8. The van der Waals surface area contributed by atoms with E-state index in [1.165, 1.54) is 23.1 Å². The van der Waals surface area contributed by atoms with Gasteiger partial charge in [0, 0.05) is 56.8 Å². The van der Waals surface area contributed by atoms with Crippen molar-refractivity contribution < 1.29 is 29.6 Å². The number of aromatic nitrogens is 2. The number of aliphatic hydroxyl groups is 1. The van der Waals surface area contributed by atoms with Crippen LogP contribution < -0.4 is 9.80 Å². The molecule has 0 unspecified atom stereocenters. The van der Waals surface area contributed by atoms with Crippen molar-refractivity contribution in [3.63, 3.8) is 0 Å². The van der Waals surface area contributed by atoms with Crippen molar-refractivity contribution in [2.75, 3.05) is 22.9 Å². The highest BCUT2D eigenvalue weighted by molar-refractivity contribution is 6.30. The van der Waals surface area contributed by atoms with E-state index in [0.717, 1.165) is 0 Å². The summed E-state index contributed by atoms with van der Waals surface area (Å²) in [6.45, 7) is -6.02. The highest BCUT2D eigenvalue weighted by atomic mass is 35.5. The molecule has 4 heterocycles. The molecule has 2 aliphatic rings. The minimum atomic E-state index is -3.24. The molecule has 2 aliphatic heterocycles. The van der Waals surface area contributed by atoms with Crippen LogP contribution in [0.25, 0.3) is 0 Å². The van der Waals surface area contributed by atoms with Gasteiger partial charge in [-0.1, -0.05) is 17.7 Å². The van der Waals surface area contributed by atoms with Crippen molar-refractivity contribution in [2.45, 2.75) is 39.7 Å². The van der Waals surface area contributed by atoms with Crippen LogP contribution in [0.1, 0.15) is 42.9 Å². The first-order valence-corrected chi connectivity index (χ1v) is 10.8. The summed E-state index contributed by atoms with van der Waals surface area (Å²) in [5.74, 6) is -1.96. The van der Waals surface area contributed by atoms with Crippen LogP contribution in [0.15, 0.2) is 71.0 Å². The molecular formula is C26H27ClF2N4O2. The third-order valence-electron chi connectivity index (χ3n) is 5.41. The largest absolute Gasteiger partial charge is 0.486 e. The van der Waals surface area contributed by atoms with Gasteiger partial charge in [-0.25, -0.2) is 13.8 Å². The van der Waals surface area contributed by atoms with Gasteiger partial charge in [0.1, 0.15) is 29.6 Å². The number of pyridine rings is 2. The van der Waals surface area contributed by atoms with E-state index < -0.39 is 43.2 Å². The maximum atomic E-state index is 14.2. The molecule has 4 rings (SSSR count). The van der Waals surface area contributed by atoms with E-state index in [-0.39, 0.29) is 29.5 Å². The number of nitrogens with zero attached hydrogens (tertiary/aromatic N) is 4. The van der Waals surface area contributed by atoms with Crippen molar-refractivity contribution in [1.82, 2.24) is 9.97 Å². The Morgan fingerprint density at radius 1 is 1.23 bits per heavy atom. The number of hydrogen-bond acceptors (Lipinski definition) is 6. The van der Waals surface area contributed by atoms with Gasteiger partial charge in [0.15, 0.2) is 5.82 Å². The van der Waals surface area contributed by atoms with Gasteiger partial charge in [0.2, 0.25) is 0 Å². The number of halogens is 3. The van der Waals surface area contributed by atoms with Crippen molar-refractivity contribution >= 4 is 23.1 Å². The van der Waals surface area contributed by atoms with Crippen LogP contribution in [-0.4, -0.2) is 33.8 Å². The molecule has 35 heavy (non-hydrogen) atoms. The zero-order chi connectivity index (χ0) is 32.1. The second-order valence-corrected chi connectivity index (χ2v) is 8.49. The van der Waals surface area contributed by atoms with Crippen molar-refractivity contribution in [1.29, 1.82) is 0 Å². The van der Waals surface area contributed by atoms with Gasteiger partial charge in [0.25, 0.3) is 0 Å². The Morgan fingerprint density at radius 2 is 2.03 bits per heavy atom. The number of hydrogen-bond donors (Lipinski definition) is 1. The summed E-state index contributed by atoms with van der Waals surface area (Å²) < 4.78 is 95.7. The van der Waals surface area contributed by atoms with Gasteiger partial charge in [-0.15, -0.1) is 0 Å².